The first-order chi connectivity index (χ1) is 11.9. The summed E-state index contributed by atoms with van der Waals surface area (Å²) in [5, 5.41) is 11.1. The lowest BCUT2D eigenvalue weighted by Gasteiger charge is -2.14. The van der Waals surface area contributed by atoms with Crippen LogP contribution in [0.25, 0.3) is 21.8 Å². The SMILES string of the molecule is COc1ccc(-c2nc(-c3cccs3)cc(C(F)(F)F)c2C#N)cc1. The van der Waals surface area contributed by atoms with Crippen LogP contribution in [-0.2, 0) is 6.18 Å². The zero-order valence-corrected chi connectivity index (χ0v) is 13.8. The second-order valence-electron chi connectivity index (χ2n) is 5.09. The van der Waals surface area contributed by atoms with Crippen molar-refractivity contribution in [2.24, 2.45) is 0 Å². The van der Waals surface area contributed by atoms with Gasteiger partial charge in [-0.1, -0.05) is 6.07 Å². The molecule has 1 aromatic carbocycles. The third-order valence-electron chi connectivity index (χ3n) is 3.57. The van der Waals surface area contributed by atoms with Crippen molar-refractivity contribution in [3.8, 4) is 33.6 Å². The Morgan fingerprint density at radius 1 is 1.16 bits per heavy atom. The summed E-state index contributed by atoms with van der Waals surface area (Å²) in [4.78, 5) is 4.93. The molecule has 0 amide bonds. The van der Waals surface area contributed by atoms with E-state index in [2.05, 4.69) is 4.98 Å². The van der Waals surface area contributed by atoms with Crippen molar-refractivity contribution in [1.29, 1.82) is 5.26 Å². The summed E-state index contributed by atoms with van der Waals surface area (Å²) in [6.07, 6.45) is -4.65. The fourth-order valence-corrected chi connectivity index (χ4v) is 3.08. The van der Waals surface area contributed by atoms with E-state index in [1.165, 1.54) is 18.4 Å². The number of benzene rings is 1. The van der Waals surface area contributed by atoms with Gasteiger partial charge in [-0.3, -0.25) is 0 Å². The van der Waals surface area contributed by atoms with Crippen LogP contribution in [0.4, 0.5) is 13.2 Å². The summed E-state index contributed by atoms with van der Waals surface area (Å²) in [6.45, 7) is 0. The quantitative estimate of drug-likeness (QED) is 0.630. The van der Waals surface area contributed by atoms with E-state index < -0.39 is 17.3 Å². The molecule has 25 heavy (non-hydrogen) atoms. The lowest BCUT2D eigenvalue weighted by atomic mass is 10.00. The average Bonchev–Trinajstić information content (AvgIpc) is 3.14. The molecule has 0 atom stereocenters. The Kier molecular flexibility index (Phi) is 4.47. The predicted octanol–water partition coefficient (Wildman–Crippen LogP) is 5.38. The zero-order chi connectivity index (χ0) is 18.0. The summed E-state index contributed by atoms with van der Waals surface area (Å²) < 4.78 is 45.5. The molecule has 0 N–H and O–H groups in total. The average molecular weight is 360 g/mol. The van der Waals surface area contributed by atoms with Gasteiger partial charge in [-0.25, -0.2) is 4.98 Å². The zero-order valence-electron chi connectivity index (χ0n) is 13.0. The molecule has 2 aromatic heterocycles. The molecule has 0 aliphatic carbocycles. The van der Waals surface area contributed by atoms with Gasteiger partial charge < -0.3 is 4.74 Å². The third kappa shape index (κ3) is 3.35. The van der Waals surface area contributed by atoms with Crippen LogP contribution in [0.2, 0.25) is 0 Å². The summed E-state index contributed by atoms with van der Waals surface area (Å²) in [5.41, 5.74) is -0.867. The number of nitrogens with zero attached hydrogens (tertiary/aromatic N) is 2. The van der Waals surface area contributed by atoms with Gasteiger partial charge in [0.15, 0.2) is 0 Å². The second kappa shape index (κ2) is 6.57. The Morgan fingerprint density at radius 2 is 1.88 bits per heavy atom. The Labute approximate surface area is 146 Å². The van der Waals surface area contributed by atoms with Crippen LogP contribution < -0.4 is 4.74 Å². The number of hydrogen-bond acceptors (Lipinski definition) is 4. The van der Waals surface area contributed by atoms with Crippen molar-refractivity contribution in [2.45, 2.75) is 6.18 Å². The van der Waals surface area contributed by atoms with Crippen molar-refractivity contribution in [3.63, 3.8) is 0 Å². The van der Waals surface area contributed by atoms with Gasteiger partial charge in [0.05, 0.1) is 34.5 Å². The summed E-state index contributed by atoms with van der Waals surface area (Å²) in [6, 6.07) is 12.4. The lowest BCUT2D eigenvalue weighted by Crippen LogP contribution is -2.10. The molecule has 0 saturated carbocycles. The number of hydrogen-bond donors (Lipinski definition) is 0. The van der Waals surface area contributed by atoms with E-state index >= 15 is 0 Å². The van der Waals surface area contributed by atoms with E-state index in [0.29, 0.717) is 16.2 Å². The third-order valence-corrected chi connectivity index (χ3v) is 4.47. The van der Waals surface area contributed by atoms with Gasteiger partial charge in [-0.15, -0.1) is 11.3 Å². The maximum Gasteiger partial charge on any atom is 0.417 e. The van der Waals surface area contributed by atoms with Crippen LogP contribution in [0, 0.1) is 11.3 Å². The Hall–Kier alpha value is -2.85. The van der Waals surface area contributed by atoms with Gasteiger partial charge in [0.25, 0.3) is 0 Å². The molecule has 126 valence electrons. The topological polar surface area (TPSA) is 45.9 Å². The second-order valence-corrected chi connectivity index (χ2v) is 6.04. The molecule has 7 heteroatoms. The minimum absolute atomic E-state index is 0.00313. The highest BCUT2D eigenvalue weighted by molar-refractivity contribution is 7.13. The van der Waals surface area contributed by atoms with E-state index in [1.54, 1.807) is 47.8 Å². The monoisotopic (exact) mass is 360 g/mol. The Balaban J connectivity index is 2.28. The maximum absolute atomic E-state index is 13.5. The minimum atomic E-state index is -4.65. The first-order valence-electron chi connectivity index (χ1n) is 7.14. The van der Waals surface area contributed by atoms with Crippen molar-refractivity contribution in [2.75, 3.05) is 7.11 Å². The van der Waals surface area contributed by atoms with Crippen LogP contribution in [0.5, 0.6) is 5.75 Å². The highest BCUT2D eigenvalue weighted by Crippen LogP contribution is 2.39. The molecule has 0 fully saturated rings. The molecule has 0 saturated heterocycles. The molecule has 0 bridgehead atoms. The van der Waals surface area contributed by atoms with Crippen LogP contribution in [0.3, 0.4) is 0 Å². The van der Waals surface area contributed by atoms with Crippen molar-refractivity contribution < 1.29 is 17.9 Å². The van der Waals surface area contributed by atoms with Gasteiger partial charge in [0, 0.05) is 5.56 Å². The number of halogens is 3. The number of methoxy groups -OCH3 is 1. The number of alkyl halides is 3. The fraction of sp³-hybridized carbons (Fsp3) is 0.111. The smallest absolute Gasteiger partial charge is 0.417 e. The lowest BCUT2D eigenvalue weighted by molar-refractivity contribution is -0.137. The summed E-state index contributed by atoms with van der Waals surface area (Å²) >= 11 is 1.29. The minimum Gasteiger partial charge on any atom is -0.497 e. The normalized spacial score (nSPS) is 11.2. The fourth-order valence-electron chi connectivity index (χ4n) is 2.39. The van der Waals surface area contributed by atoms with Crippen LogP contribution in [-0.4, -0.2) is 12.1 Å². The molecule has 0 spiro atoms. The van der Waals surface area contributed by atoms with Gasteiger partial charge in [0.2, 0.25) is 0 Å². The predicted molar refractivity (Wildman–Crippen MR) is 89.3 cm³/mol. The van der Waals surface area contributed by atoms with Crippen LogP contribution in [0.15, 0.2) is 47.8 Å². The van der Waals surface area contributed by atoms with Gasteiger partial charge >= 0.3 is 6.18 Å². The molecule has 3 nitrogen and oxygen atoms in total. The van der Waals surface area contributed by atoms with Crippen molar-refractivity contribution >= 4 is 11.3 Å². The van der Waals surface area contributed by atoms with Gasteiger partial charge in [-0.05, 0) is 41.8 Å². The molecule has 3 rings (SSSR count). The number of ether oxygens (including phenoxy) is 1. The molecular weight excluding hydrogens is 349 g/mol. The number of aromatic nitrogens is 1. The van der Waals surface area contributed by atoms with Crippen LogP contribution in [0.1, 0.15) is 11.1 Å². The molecule has 3 aromatic rings. The number of pyridine rings is 1. The van der Waals surface area contributed by atoms with E-state index in [1.807, 2.05) is 0 Å². The van der Waals surface area contributed by atoms with Gasteiger partial charge in [0.1, 0.15) is 11.8 Å². The first kappa shape index (κ1) is 17.0. The highest BCUT2D eigenvalue weighted by Gasteiger charge is 2.36. The molecule has 0 aliphatic rings. The molecule has 0 unspecified atom stereocenters. The largest absolute Gasteiger partial charge is 0.497 e. The van der Waals surface area contributed by atoms with E-state index in [4.69, 9.17) is 4.74 Å². The Bertz CT molecular complexity index is 927. The molecule has 0 aliphatic heterocycles. The highest BCUT2D eigenvalue weighted by atomic mass is 32.1. The summed E-state index contributed by atoms with van der Waals surface area (Å²) in [5.74, 6) is 0.563. The van der Waals surface area contributed by atoms with Crippen molar-refractivity contribution in [3.05, 3.63) is 59.0 Å². The summed E-state index contributed by atoms with van der Waals surface area (Å²) in [7, 11) is 1.49. The maximum atomic E-state index is 13.5. The van der Waals surface area contributed by atoms with E-state index in [0.717, 1.165) is 6.07 Å². The van der Waals surface area contributed by atoms with Crippen molar-refractivity contribution in [1.82, 2.24) is 4.98 Å². The van der Waals surface area contributed by atoms with E-state index in [-0.39, 0.29) is 11.4 Å². The van der Waals surface area contributed by atoms with Gasteiger partial charge in [-0.2, -0.15) is 18.4 Å². The number of nitriles is 1. The molecule has 2 heterocycles. The molecular formula is C18H11F3N2OS. The number of thiophene rings is 1. The first-order valence-corrected chi connectivity index (χ1v) is 8.02. The van der Waals surface area contributed by atoms with Crippen LogP contribution >= 0.6 is 11.3 Å². The van der Waals surface area contributed by atoms with E-state index in [9.17, 15) is 18.4 Å². The number of rotatable bonds is 3. The molecule has 0 radical (unpaired) electrons. The Morgan fingerprint density at radius 3 is 2.40 bits per heavy atom. The standard InChI is InChI=1S/C18H11F3N2OS/c1-24-12-6-4-11(5-7-12)17-13(10-22)14(18(19,20)21)9-15(23-17)16-3-2-8-25-16/h2-9H,1H3.